The van der Waals surface area contributed by atoms with Crippen molar-refractivity contribution in [1.82, 2.24) is 15.1 Å². The highest BCUT2D eigenvalue weighted by Crippen LogP contribution is 2.43. The molecule has 0 bridgehead atoms. The molecule has 1 saturated heterocycles. The lowest BCUT2D eigenvalue weighted by Crippen LogP contribution is -2.38. The van der Waals surface area contributed by atoms with E-state index in [-0.39, 0.29) is 17.6 Å². The van der Waals surface area contributed by atoms with Gasteiger partial charge in [-0.2, -0.15) is 0 Å². The Morgan fingerprint density at radius 3 is 2.96 bits per heavy atom. The lowest BCUT2D eigenvalue weighted by atomic mass is 10.1. The minimum Gasteiger partial charge on any atom is -0.422 e. The predicted molar refractivity (Wildman–Crippen MR) is 80.3 cm³/mol. The van der Waals surface area contributed by atoms with E-state index < -0.39 is 6.29 Å². The number of ether oxygens (including phenoxy) is 3. The number of hydrogen-bond donors (Lipinski definition) is 0. The molecule has 3 heterocycles. The van der Waals surface area contributed by atoms with Gasteiger partial charge in [-0.3, -0.25) is 4.90 Å². The largest absolute Gasteiger partial charge is 0.586 e. The van der Waals surface area contributed by atoms with E-state index in [0.29, 0.717) is 50.0 Å². The van der Waals surface area contributed by atoms with Gasteiger partial charge in [0.1, 0.15) is 6.10 Å². The first-order chi connectivity index (χ1) is 12.0. The fraction of sp³-hybridized carbons (Fsp3) is 0.500. The third-order valence-electron chi connectivity index (χ3n) is 4.11. The van der Waals surface area contributed by atoms with Crippen LogP contribution in [0, 0.1) is 0 Å². The molecule has 9 heteroatoms. The highest BCUT2D eigenvalue weighted by atomic mass is 19.3. The summed E-state index contributed by atoms with van der Waals surface area (Å²) < 4.78 is 47.0. The first-order valence-corrected chi connectivity index (χ1v) is 8.08. The molecular weight excluding hydrogens is 336 g/mol. The molecule has 7 nitrogen and oxygen atoms in total. The molecule has 1 fully saturated rings. The average molecular weight is 353 g/mol. The first-order valence-electron chi connectivity index (χ1n) is 8.08. The van der Waals surface area contributed by atoms with E-state index in [1.165, 1.54) is 6.07 Å². The van der Waals surface area contributed by atoms with E-state index in [0.717, 1.165) is 0 Å². The number of rotatable bonds is 4. The topological polar surface area (TPSA) is 69.9 Å². The Kier molecular flexibility index (Phi) is 4.04. The highest BCUT2D eigenvalue weighted by Gasteiger charge is 2.44. The van der Waals surface area contributed by atoms with Crippen LogP contribution in [0.15, 0.2) is 22.6 Å². The fourth-order valence-corrected chi connectivity index (χ4v) is 2.93. The Hall–Kier alpha value is -2.26. The van der Waals surface area contributed by atoms with Crippen LogP contribution in [0.1, 0.15) is 30.4 Å². The summed E-state index contributed by atoms with van der Waals surface area (Å²) in [5.74, 6) is 1.13. The van der Waals surface area contributed by atoms with Crippen molar-refractivity contribution in [2.24, 2.45) is 0 Å². The van der Waals surface area contributed by atoms with Crippen LogP contribution >= 0.6 is 0 Å². The lowest BCUT2D eigenvalue weighted by molar-refractivity contribution is -0.287. The number of aryl methyl sites for hydroxylation is 1. The molecule has 0 saturated carbocycles. The molecule has 134 valence electrons. The van der Waals surface area contributed by atoms with Gasteiger partial charge in [0.15, 0.2) is 11.5 Å². The summed E-state index contributed by atoms with van der Waals surface area (Å²) in [6.45, 7) is 4.02. The predicted octanol–water partition coefficient (Wildman–Crippen LogP) is 2.53. The van der Waals surface area contributed by atoms with Crippen LogP contribution in [0.25, 0.3) is 0 Å². The van der Waals surface area contributed by atoms with Crippen molar-refractivity contribution >= 4 is 0 Å². The normalized spacial score (nSPS) is 22.3. The Balaban J connectivity index is 1.48. The number of halogens is 2. The van der Waals surface area contributed by atoms with Crippen LogP contribution < -0.4 is 9.47 Å². The van der Waals surface area contributed by atoms with Crippen LogP contribution in [0.3, 0.4) is 0 Å². The second kappa shape index (κ2) is 6.23. The van der Waals surface area contributed by atoms with Crippen molar-refractivity contribution in [2.75, 3.05) is 19.7 Å². The lowest BCUT2D eigenvalue weighted by Gasteiger charge is -2.31. The van der Waals surface area contributed by atoms with Gasteiger partial charge in [-0.25, -0.2) is 0 Å². The maximum absolute atomic E-state index is 13.3. The van der Waals surface area contributed by atoms with Gasteiger partial charge in [0.25, 0.3) is 0 Å². The smallest absolute Gasteiger partial charge is 0.422 e. The van der Waals surface area contributed by atoms with Crippen molar-refractivity contribution in [2.45, 2.75) is 32.3 Å². The minimum atomic E-state index is -3.62. The van der Waals surface area contributed by atoms with E-state index in [1.807, 2.05) is 6.92 Å². The summed E-state index contributed by atoms with van der Waals surface area (Å²) in [6, 6.07) is 4.88. The third-order valence-corrected chi connectivity index (χ3v) is 4.11. The Morgan fingerprint density at radius 2 is 2.16 bits per heavy atom. The number of nitrogens with zero attached hydrogens (tertiary/aromatic N) is 3. The number of alkyl halides is 2. The van der Waals surface area contributed by atoms with Crippen molar-refractivity contribution in [1.29, 1.82) is 0 Å². The molecule has 1 atom stereocenters. The molecule has 2 aliphatic heterocycles. The summed E-state index contributed by atoms with van der Waals surface area (Å²) in [7, 11) is 0. The van der Waals surface area contributed by atoms with Gasteiger partial charge in [-0.15, -0.1) is 19.0 Å². The molecule has 4 rings (SSSR count). The Labute approximate surface area is 142 Å². The monoisotopic (exact) mass is 353 g/mol. The van der Waals surface area contributed by atoms with Gasteiger partial charge in [0.05, 0.1) is 6.61 Å². The summed E-state index contributed by atoms with van der Waals surface area (Å²) in [4.78, 5) is 2.07. The zero-order chi connectivity index (χ0) is 17.4. The zero-order valence-corrected chi connectivity index (χ0v) is 13.6. The van der Waals surface area contributed by atoms with Crippen LogP contribution in [0.2, 0.25) is 0 Å². The molecule has 0 spiro atoms. The molecule has 2 aliphatic rings. The van der Waals surface area contributed by atoms with Gasteiger partial charge in [-0.05, 0) is 6.07 Å². The number of para-hydroxylation sites is 1. The van der Waals surface area contributed by atoms with Crippen LogP contribution in [0.5, 0.6) is 11.5 Å². The quantitative estimate of drug-likeness (QED) is 0.836. The van der Waals surface area contributed by atoms with Crippen LogP contribution in [-0.2, 0) is 17.7 Å². The minimum absolute atomic E-state index is 0.0526. The zero-order valence-electron chi connectivity index (χ0n) is 13.6. The molecule has 0 amide bonds. The van der Waals surface area contributed by atoms with Crippen molar-refractivity contribution in [3.63, 3.8) is 0 Å². The average Bonchev–Trinajstić information content (AvgIpc) is 3.18. The summed E-state index contributed by atoms with van der Waals surface area (Å²) in [5.41, 5.74) is 0.634. The maximum atomic E-state index is 13.3. The first kappa shape index (κ1) is 16.2. The van der Waals surface area contributed by atoms with Crippen molar-refractivity contribution in [3.8, 4) is 11.5 Å². The SMILES string of the molecule is CCc1nnc(C2CN(Cc3cccc4c3OC(F)(F)O4)CCO2)o1. The van der Waals surface area contributed by atoms with Crippen LogP contribution in [0.4, 0.5) is 8.78 Å². The number of aromatic nitrogens is 2. The van der Waals surface area contributed by atoms with Gasteiger partial charge in [0.2, 0.25) is 11.8 Å². The van der Waals surface area contributed by atoms with E-state index in [4.69, 9.17) is 9.15 Å². The van der Waals surface area contributed by atoms with Gasteiger partial charge >= 0.3 is 6.29 Å². The molecule has 25 heavy (non-hydrogen) atoms. The number of fused-ring (bicyclic) bond motifs is 1. The van der Waals surface area contributed by atoms with E-state index in [1.54, 1.807) is 12.1 Å². The molecule has 0 radical (unpaired) electrons. The van der Waals surface area contributed by atoms with Gasteiger partial charge in [0, 0.05) is 31.6 Å². The third kappa shape index (κ3) is 3.29. The number of hydrogen-bond acceptors (Lipinski definition) is 7. The second-order valence-corrected chi connectivity index (χ2v) is 5.89. The maximum Gasteiger partial charge on any atom is 0.586 e. The fourth-order valence-electron chi connectivity index (χ4n) is 2.93. The number of benzene rings is 1. The van der Waals surface area contributed by atoms with Gasteiger partial charge in [-0.1, -0.05) is 19.1 Å². The standard InChI is InChI=1S/C16H17F2N3O4/c1-2-13-19-20-15(23-13)12-9-21(6-7-22-12)8-10-4-3-5-11-14(10)25-16(17,18)24-11/h3-5,12H,2,6-9H2,1H3. The molecular formula is C16H17F2N3O4. The Morgan fingerprint density at radius 1 is 1.28 bits per heavy atom. The number of morpholine rings is 1. The molecule has 1 aromatic carbocycles. The molecule has 2 aromatic rings. The molecule has 0 aliphatic carbocycles. The summed E-state index contributed by atoms with van der Waals surface area (Å²) in [5, 5.41) is 7.96. The Bertz CT molecular complexity index is 768. The van der Waals surface area contributed by atoms with Gasteiger partial charge < -0.3 is 18.6 Å². The van der Waals surface area contributed by atoms with Crippen LogP contribution in [-0.4, -0.2) is 41.1 Å². The summed E-state index contributed by atoms with van der Waals surface area (Å²) in [6.07, 6.45) is -3.30. The van der Waals surface area contributed by atoms with Crippen molar-refractivity contribution < 1.29 is 27.4 Å². The molecule has 1 aromatic heterocycles. The highest BCUT2D eigenvalue weighted by molar-refractivity contribution is 5.48. The molecule has 1 unspecified atom stereocenters. The van der Waals surface area contributed by atoms with E-state index >= 15 is 0 Å². The second-order valence-electron chi connectivity index (χ2n) is 5.89. The molecule has 0 N–H and O–H groups in total. The summed E-state index contributed by atoms with van der Waals surface area (Å²) >= 11 is 0. The van der Waals surface area contributed by atoms with E-state index in [9.17, 15) is 8.78 Å². The van der Waals surface area contributed by atoms with E-state index in [2.05, 4.69) is 24.6 Å². The van der Waals surface area contributed by atoms with Crippen molar-refractivity contribution in [3.05, 3.63) is 35.5 Å².